The zero-order valence-corrected chi connectivity index (χ0v) is 18.8. The highest BCUT2D eigenvalue weighted by molar-refractivity contribution is 5.95. The molecule has 4 atom stereocenters. The van der Waals surface area contributed by atoms with Crippen LogP contribution in [0.4, 0.5) is 4.39 Å². The number of aromatic nitrogens is 1. The lowest BCUT2D eigenvalue weighted by molar-refractivity contribution is -0.136. The molecule has 1 saturated carbocycles. The lowest BCUT2D eigenvalue weighted by atomic mass is 9.71. The normalized spacial score (nSPS) is 29.0. The molecule has 0 spiro atoms. The van der Waals surface area contributed by atoms with Crippen LogP contribution < -0.4 is 0 Å². The van der Waals surface area contributed by atoms with Crippen LogP contribution in [0, 0.1) is 11.2 Å². The second-order valence-electron chi connectivity index (χ2n) is 9.91. The number of nitrogens with zero attached hydrogens (tertiary/aromatic N) is 3. The Morgan fingerprint density at radius 3 is 2.62 bits per heavy atom. The number of benzene rings is 1. The number of piperidine rings is 1. The Bertz CT molecular complexity index is 1040. The van der Waals surface area contributed by atoms with Gasteiger partial charge in [-0.3, -0.25) is 14.6 Å². The van der Waals surface area contributed by atoms with Crippen LogP contribution in [-0.2, 0) is 11.2 Å². The molecule has 6 heteroatoms. The van der Waals surface area contributed by atoms with Gasteiger partial charge in [0.1, 0.15) is 5.82 Å². The van der Waals surface area contributed by atoms with Crippen molar-refractivity contribution < 1.29 is 14.0 Å². The third-order valence-electron chi connectivity index (χ3n) is 7.90. The predicted octanol–water partition coefficient (Wildman–Crippen LogP) is 4.21. The highest BCUT2D eigenvalue weighted by Gasteiger charge is 2.60. The molecule has 168 valence electrons. The van der Waals surface area contributed by atoms with Gasteiger partial charge in [-0.05, 0) is 49.1 Å². The second kappa shape index (κ2) is 7.98. The highest BCUT2D eigenvalue weighted by atomic mass is 19.1. The summed E-state index contributed by atoms with van der Waals surface area (Å²) in [5.41, 5.74) is 2.19. The molecule has 1 aliphatic carbocycles. The molecule has 1 aromatic heterocycles. The maximum Gasteiger partial charge on any atom is 0.256 e. The first-order valence-corrected chi connectivity index (χ1v) is 11.7. The number of hydrogen-bond acceptors (Lipinski definition) is 3. The number of fused-ring (bicyclic) bond motifs is 1. The first-order chi connectivity index (χ1) is 15.4. The van der Waals surface area contributed by atoms with E-state index in [2.05, 4.69) is 16.8 Å². The van der Waals surface area contributed by atoms with E-state index in [9.17, 15) is 14.0 Å². The van der Waals surface area contributed by atoms with Gasteiger partial charge < -0.3 is 9.80 Å². The maximum absolute atomic E-state index is 13.7. The molecule has 2 aromatic rings. The van der Waals surface area contributed by atoms with Gasteiger partial charge in [0.15, 0.2) is 0 Å². The van der Waals surface area contributed by atoms with Crippen LogP contribution in [0.3, 0.4) is 0 Å². The molecule has 5 rings (SSSR count). The van der Waals surface area contributed by atoms with Gasteiger partial charge in [0.2, 0.25) is 5.91 Å². The topological polar surface area (TPSA) is 53.5 Å². The minimum atomic E-state index is -0.260. The van der Waals surface area contributed by atoms with Crippen molar-refractivity contribution in [2.24, 2.45) is 5.41 Å². The van der Waals surface area contributed by atoms with Gasteiger partial charge in [-0.25, -0.2) is 4.39 Å². The average molecular weight is 436 g/mol. The minimum Gasteiger partial charge on any atom is -0.337 e. The molecule has 0 N–H and O–H groups in total. The molecule has 3 heterocycles. The van der Waals surface area contributed by atoms with Gasteiger partial charge in [-0.1, -0.05) is 31.9 Å². The van der Waals surface area contributed by atoms with E-state index in [0.29, 0.717) is 18.5 Å². The third kappa shape index (κ3) is 3.50. The number of amides is 2. The quantitative estimate of drug-likeness (QED) is 0.726. The Kier molecular flexibility index (Phi) is 5.26. The summed E-state index contributed by atoms with van der Waals surface area (Å²) in [6.07, 6.45) is 7.34. The van der Waals surface area contributed by atoms with Crippen molar-refractivity contribution in [2.75, 3.05) is 6.54 Å². The van der Waals surface area contributed by atoms with Crippen molar-refractivity contribution in [3.63, 3.8) is 0 Å². The first-order valence-electron chi connectivity index (χ1n) is 11.7. The van der Waals surface area contributed by atoms with Crippen LogP contribution in [0.1, 0.15) is 67.6 Å². The number of carbonyl (C=O) groups excluding carboxylic acids is 2. The van der Waals surface area contributed by atoms with Crippen LogP contribution >= 0.6 is 0 Å². The fourth-order valence-corrected chi connectivity index (χ4v) is 6.48. The van der Waals surface area contributed by atoms with Crippen molar-refractivity contribution in [3.05, 3.63) is 65.2 Å². The SMILES string of the molecule is CC(=O)N1C[C@@H]2C[C@@]3(C)[C@H](CCCC[C@@H]13)N2C(=O)c1ccc(Cc2cccc(F)c2)nc1. The molecule has 2 saturated heterocycles. The van der Waals surface area contributed by atoms with Crippen LogP contribution in [0.5, 0.6) is 0 Å². The lowest BCUT2D eigenvalue weighted by Gasteiger charge is -2.46. The smallest absolute Gasteiger partial charge is 0.256 e. The highest BCUT2D eigenvalue weighted by Crippen LogP contribution is 2.53. The standard InChI is InChI=1S/C26H30FN3O2/c1-17(31)29-16-22-14-26(2)23(29)8-3-4-9-24(26)30(22)25(32)19-10-11-21(28-15-19)13-18-6-5-7-20(27)12-18/h5-7,10-12,15,22-24H,3-4,8-9,13-14,16H2,1-2H3/t22-,23+,24-,26+/m0/s1. The fourth-order valence-electron chi connectivity index (χ4n) is 6.48. The van der Waals surface area contributed by atoms with E-state index in [1.54, 1.807) is 19.2 Å². The molecule has 1 aromatic carbocycles. The first kappa shape index (κ1) is 21.1. The number of halogens is 1. The van der Waals surface area contributed by atoms with Gasteiger partial charge in [0, 0.05) is 49.3 Å². The van der Waals surface area contributed by atoms with Crippen molar-refractivity contribution in [1.29, 1.82) is 0 Å². The molecule has 2 aliphatic heterocycles. The summed E-state index contributed by atoms with van der Waals surface area (Å²) in [5.74, 6) is -0.131. The third-order valence-corrected chi connectivity index (χ3v) is 7.90. The molecular formula is C26H30FN3O2. The number of likely N-dealkylation sites (tertiary alicyclic amines) is 2. The Morgan fingerprint density at radius 2 is 1.94 bits per heavy atom. The monoisotopic (exact) mass is 435 g/mol. The van der Waals surface area contributed by atoms with Crippen molar-refractivity contribution in [3.8, 4) is 0 Å². The summed E-state index contributed by atoms with van der Waals surface area (Å²) in [6, 6.07) is 10.6. The zero-order valence-electron chi connectivity index (χ0n) is 18.8. The van der Waals surface area contributed by atoms with Crippen LogP contribution in [-0.4, -0.2) is 51.3 Å². The Hall–Kier alpha value is -2.76. The lowest BCUT2D eigenvalue weighted by Crippen LogP contribution is -2.55. The molecule has 3 aliphatic rings. The summed E-state index contributed by atoms with van der Waals surface area (Å²) in [4.78, 5) is 34.7. The van der Waals surface area contributed by atoms with Crippen molar-refractivity contribution in [2.45, 2.75) is 70.5 Å². The van der Waals surface area contributed by atoms with Gasteiger partial charge in [-0.15, -0.1) is 0 Å². The summed E-state index contributed by atoms with van der Waals surface area (Å²) < 4.78 is 13.5. The molecule has 2 bridgehead atoms. The number of rotatable bonds is 3. The van der Waals surface area contributed by atoms with Gasteiger partial charge in [0.05, 0.1) is 11.6 Å². The molecule has 3 fully saturated rings. The van der Waals surface area contributed by atoms with E-state index in [1.165, 1.54) is 12.1 Å². The van der Waals surface area contributed by atoms with Crippen LogP contribution in [0.2, 0.25) is 0 Å². The average Bonchev–Trinajstić information content (AvgIpc) is 2.87. The molecular weight excluding hydrogens is 405 g/mol. The maximum atomic E-state index is 13.7. The van der Waals surface area contributed by atoms with E-state index in [0.717, 1.165) is 43.4 Å². The number of carbonyl (C=O) groups is 2. The van der Waals surface area contributed by atoms with Crippen molar-refractivity contribution >= 4 is 11.8 Å². The van der Waals surface area contributed by atoms with Crippen LogP contribution in [0.15, 0.2) is 42.6 Å². The Morgan fingerprint density at radius 1 is 1.16 bits per heavy atom. The van der Waals surface area contributed by atoms with Gasteiger partial charge in [-0.2, -0.15) is 0 Å². The largest absolute Gasteiger partial charge is 0.337 e. The number of pyridine rings is 1. The van der Waals surface area contributed by atoms with E-state index in [-0.39, 0.29) is 41.2 Å². The van der Waals surface area contributed by atoms with Gasteiger partial charge >= 0.3 is 0 Å². The molecule has 5 nitrogen and oxygen atoms in total. The summed E-state index contributed by atoms with van der Waals surface area (Å²) in [7, 11) is 0. The van der Waals surface area contributed by atoms with E-state index >= 15 is 0 Å². The molecule has 2 amide bonds. The van der Waals surface area contributed by atoms with Crippen molar-refractivity contribution in [1.82, 2.24) is 14.8 Å². The summed E-state index contributed by atoms with van der Waals surface area (Å²) >= 11 is 0. The second-order valence-corrected chi connectivity index (χ2v) is 9.91. The molecule has 0 radical (unpaired) electrons. The minimum absolute atomic E-state index is 0.0135. The van der Waals surface area contributed by atoms with Crippen LogP contribution in [0.25, 0.3) is 0 Å². The van der Waals surface area contributed by atoms with E-state index in [1.807, 2.05) is 23.1 Å². The molecule has 0 unspecified atom stereocenters. The summed E-state index contributed by atoms with van der Waals surface area (Å²) in [6.45, 7) is 4.56. The van der Waals surface area contributed by atoms with E-state index in [4.69, 9.17) is 0 Å². The summed E-state index contributed by atoms with van der Waals surface area (Å²) in [5, 5.41) is 0. The fraction of sp³-hybridized carbons (Fsp3) is 0.500. The Labute approximate surface area is 188 Å². The number of hydrogen-bond donors (Lipinski definition) is 0. The predicted molar refractivity (Wildman–Crippen MR) is 120 cm³/mol. The van der Waals surface area contributed by atoms with E-state index < -0.39 is 0 Å². The molecule has 32 heavy (non-hydrogen) atoms. The zero-order chi connectivity index (χ0) is 22.5. The van der Waals surface area contributed by atoms with Gasteiger partial charge in [0.25, 0.3) is 5.91 Å². The Balaban J connectivity index is 1.40.